The van der Waals surface area contributed by atoms with Gasteiger partial charge in [0.25, 0.3) is 0 Å². The summed E-state index contributed by atoms with van der Waals surface area (Å²) in [5.74, 6) is 0. The minimum absolute atomic E-state index is 1.21. The van der Waals surface area contributed by atoms with Crippen molar-refractivity contribution in [3.05, 3.63) is 97.3 Å². The third-order valence-corrected chi connectivity index (χ3v) is 22.7. The maximum Gasteiger partial charge on any atom is 0.107 e. The average Bonchev–Trinajstić information content (AvgIpc) is 3.81. The Morgan fingerprint density at radius 1 is 0.540 bits per heavy atom. The summed E-state index contributed by atoms with van der Waals surface area (Å²) in [6, 6.07) is 38.6. The Hall–Kier alpha value is -3.33. The molecule has 6 rings (SSSR count). The number of aromatic nitrogens is 3. The minimum atomic E-state index is -1.26. The van der Waals surface area contributed by atoms with Crippen LogP contribution < -0.4 is 10.5 Å². The molecule has 0 N–H and O–H groups in total. The van der Waals surface area contributed by atoms with Gasteiger partial charge in [-0.2, -0.15) is 0 Å². The van der Waals surface area contributed by atoms with Crippen molar-refractivity contribution in [2.75, 3.05) is 20.6 Å². The SMILES string of the molecule is CCCN(C)C.CC[Si](CC)(CC)c1cc2ccccc2n1C.CC[Si](CC)(CC)c1cn(C)c2ccccc12.Cn1ccc2ccccc21. The van der Waals surface area contributed by atoms with Gasteiger partial charge in [0, 0.05) is 55.4 Å². The molecule has 0 spiro atoms. The van der Waals surface area contributed by atoms with Crippen LogP contribution in [0.4, 0.5) is 0 Å². The molecular weight excluding hydrogens is 641 g/mol. The average molecular weight is 709 g/mol. The van der Waals surface area contributed by atoms with E-state index in [9.17, 15) is 0 Å². The first-order valence-electron chi connectivity index (χ1n) is 19.3. The summed E-state index contributed by atoms with van der Waals surface area (Å²) in [7, 11) is 8.12. The molecule has 50 heavy (non-hydrogen) atoms. The molecule has 0 radical (unpaired) electrons. The van der Waals surface area contributed by atoms with Crippen LogP contribution in [-0.2, 0) is 21.1 Å². The fraction of sp³-hybridized carbons (Fsp3) is 0.455. The standard InChI is InChI=1S/2C15H23NSi.C9H9N.C5H13N/c1-5-17(6-2,7-3)15-12-16(4)14-11-9-8-10-13(14)15;1-5-17(6-2,7-3)15-12-13-10-8-9-11-14(13)16(15)4;1-10-7-6-8-4-2-3-5-9(8)10;1-4-5-6(2)3/h2*8-12H,5-7H2,1-4H3;2-7H,1H3;4-5H2,1-3H3. The van der Waals surface area contributed by atoms with Crippen LogP contribution in [-0.4, -0.2) is 55.4 Å². The molecule has 0 fully saturated rings. The van der Waals surface area contributed by atoms with Crippen LogP contribution in [0.1, 0.15) is 54.9 Å². The van der Waals surface area contributed by atoms with Crippen LogP contribution in [0, 0.1) is 0 Å². The second-order valence-electron chi connectivity index (χ2n) is 14.3. The van der Waals surface area contributed by atoms with E-state index in [2.05, 4.69) is 200 Å². The van der Waals surface area contributed by atoms with Gasteiger partial charge in [-0.05, 0) is 78.7 Å². The van der Waals surface area contributed by atoms with Crippen molar-refractivity contribution in [2.24, 2.45) is 21.1 Å². The van der Waals surface area contributed by atoms with Crippen LogP contribution in [0.3, 0.4) is 0 Å². The number of hydrogen-bond acceptors (Lipinski definition) is 1. The molecular formula is C44H68N4Si2. The molecule has 0 atom stereocenters. The lowest BCUT2D eigenvalue weighted by Gasteiger charge is -2.28. The van der Waals surface area contributed by atoms with Crippen molar-refractivity contribution in [1.29, 1.82) is 0 Å². The Morgan fingerprint density at radius 3 is 1.52 bits per heavy atom. The Bertz CT molecular complexity index is 1840. The van der Waals surface area contributed by atoms with Crippen molar-refractivity contribution in [1.82, 2.24) is 18.6 Å². The van der Waals surface area contributed by atoms with E-state index in [1.54, 1.807) is 10.5 Å². The van der Waals surface area contributed by atoms with Crippen molar-refractivity contribution >= 4 is 59.4 Å². The zero-order chi connectivity index (χ0) is 36.9. The molecule has 272 valence electrons. The number of benzene rings is 3. The molecule has 0 aliphatic carbocycles. The maximum atomic E-state index is 2.44. The van der Waals surface area contributed by atoms with Crippen molar-refractivity contribution < 1.29 is 0 Å². The van der Waals surface area contributed by atoms with Crippen LogP contribution >= 0.6 is 0 Å². The fourth-order valence-corrected chi connectivity index (χ4v) is 15.6. The van der Waals surface area contributed by atoms with E-state index in [4.69, 9.17) is 0 Å². The van der Waals surface area contributed by atoms with Gasteiger partial charge in [0.15, 0.2) is 0 Å². The first-order chi connectivity index (χ1) is 24.0. The summed E-state index contributed by atoms with van der Waals surface area (Å²) in [6.07, 6.45) is 5.73. The van der Waals surface area contributed by atoms with Crippen LogP contribution in [0.2, 0.25) is 36.3 Å². The molecule has 3 aromatic heterocycles. The second kappa shape index (κ2) is 19.3. The highest BCUT2D eigenvalue weighted by Gasteiger charge is 2.33. The molecule has 6 aromatic rings. The molecule has 0 aliphatic heterocycles. The quantitative estimate of drug-likeness (QED) is 0.130. The van der Waals surface area contributed by atoms with Gasteiger partial charge in [0.2, 0.25) is 0 Å². The smallest absolute Gasteiger partial charge is 0.107 e. The third-order valence-electron chi connectivity index (χ3n) is 11.5. The summed E-state index contributed by atoms with van der Waals surface area (Å²) in [4.78, 5) is 2.18. The molecule has 0 saturated heterocycles. The number of nitrogens with zero attached hydrogens (tertiary/aromatic N) is 4. The van der Waals surface area contributed by atoms with Crippen molar-refractivity contribution in [3.8, 4) is 0 Å². The van der Waals surface area contributed by atoms with Gasteiger partial charge in [0.05, 0.1) is 8.07 Å². The molecule has 0 amide bonds. The Kier molecular flexibility index (Phi) is 15.9. The largest absolute Gasteiger partial charge is 0.352 e. The van der Waals surface area contributed by atoms with E-state index in [1.165, 1.54) is 81.9 Å². The first-order valence-corrected chi connectivity index (χ1v) is 24.5. The van der Waals surface area contributed by atoms with Crippen LogP contribution in [0.15, 0.2) is 97.3 Å². The monoisotopic (exact) mass is 708 g/mol. The summed E-state index contributed by atoms with van der Waals surface area (Å²) < 4.78 is 6.86. The van der Waals surface area contributed by atoms with Gasteiger partial charge in [-0.25, -0.2) is 0 Å². The van der Waals surface area contributed by atoms with Crippen molar-refractivity contribution in [2.45, 2.75) is 91.2 Å². The Morgan fingerprint density at radius 2 is 1.04 bits per heavy atom. The number of aryl methyl sites for hydroxylation is 3. The molecule has 0 aliphatic rings. The Balaban J connectivity index is 0.000000192. The number of fused-ring (bicyclic) bond motifs is 3. The molecule has 0 bridgehead atoms. The summed E-state index contributed by atoms with van der Waals surface area (Å²) in [5.41, 5.74) is 4.06. The molecule has 3 aromatic carbocycles. The molecule has 3 heterocycles. The lowest BCUT2D eigenvalue weighted by Crippen LogP contribution is -2.48. The van der Waals surface area contributed by atoms with Crippen LogP contribution in [0.5, 0.6) is 0 Å². The Labute approximate surface area is 307 Å². The molecule has 0 unspecified atom stereocenters. The van der Waals surface area contributed by atoms with Crippen molar-refractivity contribution in [3.63, 3.8) is 0 Å². The van der Waals surface area contributed by atoms with Gasteiger partial charge in [-0.1, -0.05) is 139 Å². The molecule has 4 nitrogen and oxygen atoms in total. The number of hydrogen-bond donors (Lipinski definition) is 0. The highest BCUT2D eigenvalue weighted by atomic mass is 28.3. The van der Waals surface area contributed by atoms with Gasteiger partial charge < -0.3 is 18.6 Å². The summed E-state index contributed by atoms with van der Waals surface area (Å²) in [6.45, 7) is 17.6. The number of para-hydroxylation sites is 3. The lowest BCUT2D eigenvalue weighted by atomic mass is 10.2. The predicted molar refractivity (Wildman–Crippen MR) is 231 cm³/mol. The second-order valence-corrected chi connectivity index (χ2v) is 24.7. The first kappa shape index (κ1) is 41.1. The third kappa shape index (κ3) is 9.31. The highest BCUT2D eigenvalue weighted by Crippen LogP contribution is 2.26. The normalized spacial score (nSPS) is 11.6. The van der Waals surface area contributed by atoms with Gasteiger partial charge in [0.1, 0.15) is 8.07 Å². The highest BCUT2D eigenvalue weighted by molar-refractivity contribution is 6.93. The minimum Gasteiger partial charge on any atom is -0.352 e. The van der Waals surface area contributed by atoms with Gasteiger partial charge in [-0.3, -0.25) is 0 Å². The zero-order valence-corrected chi connectivity index (χ0v) is 35.7. The molecule has 6 heteroatoms. The fourth-order valence-electron chi connectivity index (χ4n) is 7.85. The van der Waals surface area contributed by atoms with E-state index in [-0.39, 0.29) is 0 Å². The summed E-state index contributed by atoms with van der Waals surface area (Å²) >= 11 is 0. The maximum absolute atomic E-state index is 2.44. The van der Waals surface area contributed by atoms with E-state index in [0.717, 1.165) is 0 Å². The van der Waals surface area contributed by atoms with Gasteiger partial charge >= 0.3 is 0 Å². The van der Waals surface area contributed by atoms with E-state index in [1.807, 2.05) is 0 Å². The molecule has 0 saturated carbocycles. The van der Waals surface area contributed by atoms with Gasteiger partial charge in [-0.15, -0.1) is 0 Å². The number of rotatable bonds is 10. The van der Waals surface area contributed by atoms with E-state index < -0.39 is 16.1 Å². The van der Waals surface area contributed by atoms with E-state index >= 15 is 0 Å². The topological polar surface area (TPSA) is 18.0 Å². The summed E-state index contributed by atoms with van der Waals surface area (Å²) in [5, 5.41) is 7.50. The lowest BCUT2D eigenvalue weighted by molar-refractivity contribution is 0.408. The van der Waals surface area contributed by atoms with Crippen LogP contribution in [0.25, 0.3) is 32.7 Å². The zero-order valence-electron chi connectivity index (χ0n) is 33.7. The van der Waals surface area contributed by atoms with E-state index in [0.29, 0.717) is 0 Å². The predicted octanol–water partition coefficient (Wildman–Crippen LogP) is 10.9.